The molecule has 1 aromatic carbocycles. The monoisotopic (exact) mass is 208 g/mol. The molecule has 1 aromatic rings. The van der Waals surface area contributed by atoms with E-state index in [4.69, 9.17) is 5.73 Å². The Bertz CT molecular complexity index is 319. The fourth-order valence-electron chi connectivity index (χ4n) is 1.19. The number of hydrogen-bond donors (Lipinski definition) is 2. The van der Waals surface area contributed by atoms with Crippen LogP contribution in [0.5, 0.6) is 0 Å². The van der Waals surface area contributed by atoms with Crippen LogP contribution >= 0.6 is 0 Å². The summed E-state index contributed by atoms with van der Waals surface area (Å²) in [5.41, 5.74) is 7.32. The molecule has 3 heteroatoms. The minimum atomic E-state index is -0.909. The van der Waals surface area contributed by atoms with Crippen molar-refractivity contribution in [1.29, 1.82) is 0 Å². The molecule has 84 valence electrons. The first-order valence-corrected chi connectivity index (χ1v) is 4.53. The van der Waals surface area contributed by atoms with Gasteiger partial charge in [-0.15, -0.1) is 0 Å². The highest BCUT2D eigenvalue weighted by Crippen LogP contribution is 2.16. The minimum Gasteiger partial charge on any atom is -0.386 e. The standard InChI is InChI=1S/C11H15NO2.CH3/c1-7-3-5-9(6-4-7)11(14)10(12)8(2)13;/h3-6,10-11,14H,12H2,1-2H3;1H3/q;-1/t10-,11-;/m1./s1. The summed E-state index contributed by atoms with van der Waals surface area (Å²) >= 11 is 0. The normalized spacial score (nSPS) is 13.9. The number of aryl methyl sites for hydroxylation is 1. The van der Waals surface area contributed by atoms with Gasteiger partial charge < -0.3 is 18.3 Å². The Balaban J connectivity index is 0.00000196. The molecule has 0 fully saturated rings. The van der Waals surface area contributed by atoms with Crippen LogP contribution in [-0.4, -0.2) is 16.9 Å². The highest BCUT2D eigenvalue weighted by Gasteiger charge is 2.20. The molecule has 2 atom stereocenters. The lowest BCUT2D eigenvalue weighted by Gasteiger charge is -2.16. The second-order valence-corrected chi connectivity index (χ2v) is 3.49. The maximum atomic E-state index is 10.9. The van der Waals surface area contributed by atoms with E-state index in [1.54, 1.807) is 12.1 Å². The van der Waals surface area contributed by atoms with E-state index >= 15 is 0 Å². The quantitative estimate of drug-likeness (QED) is 0.738. The van der Waals surface area contributed by atoms with Crippen molar-refractivity contribution in [2.75, 3.05) is 0 Å². The Morgan fingerprint density at radius 3 is 2.20 bits per heavy atom. The van der Waals surface area contributed by atoms with E-state index in [1.807, 2.05) is 19.1 Å². The van der Waals surface area contributed by atoms with Crippen LogP contribution < -0.4 is 5.73 Å². The third-order valence-corrected chi connectivity index (χ3v) is 2.23. The van der Waals surface area contributed by atoms with Gasteiger partial charge in [-0.3, -0.25) is 4.79 Å². The second-order valence-electron chi connectivity index (χ2n) is 3.49. The van der Waals surface area contributed by atoms with Gasteiger partial charge in [0.05, 0.1) is 6.04 Å². The van der Waals surface area contributed by atoms with E-state index in [1.165, 1.54) is 6.92 Å². The van der Waals surface area contributed by atoms with Crippen LogP contribution in [0.3, 0.4) is 0 Å². The summed E-state index contributed by atoms with van der Waals surface area (Å²) in [6, 6.07) is 6.49. The van der Waals surface area contributed by atoms with Crippen molar-refractivity contribution in [3.63, 3.8) is 0 Å². The van der Waals surface area contributed by atoms with Crippen LogP contribution in [0.25, 0.3) is 0 Å². The first-order chi connectivity index (χ1) is 6.52. The van der Waals surface area contributed by atoms with Gasteiger partial charge in [0, 0.05) is 0 Å². The molecule has 0 unspecified atom stereocenters. The molecule has 15 heavy (non-hydrogen) atoms. The van der Waals surface area contributed by atoms with Crippen LogP contribution in [0.1, 0.15) is 24.2 Å². The molecule has 0 heterocycles. The Labute approximate surface area is 90.9 Å². The highest BCUT2D eigenvalue weighted by molar-refractivity contribution is 5.82. The summed E-state index contributed by atoms with van der Waals surface area (Å²) in [6.45, 7) is 3.34. The third-order valence-electron chi connectivity index (χ3n) is 2.23. The zero-order valence-corrected chi connectivity index (χ0v) is 9.40. The number of hydrogen-bond acceptors (Lipinski definition) is 3. The average Bonchev–Trinajstić information content (AvgIpc) is 2.16. The van der Waals surface area contributed by atoms with Gasteiger partial charge in [0.25, 0.3) is 0 Å². The van der Waals surface area contributed by atoms with Crippen molar-refractivity contribution in [1.82, 2.24) is 0 Å². The molecule has 0 amide bonds. The van der Waals surface area contributed by atoms with Gasteiger partial charge in [-0.25, -0.2) is 0 Å². The Morgan fingerprint density at radius 1 is 1.33 bits per heavy atom. The number of aliphatic hydroxyl groups excluding tert-OH is 1. The predicted octanol–water partition coefficient (Wildman–Crippen LogP) is 1.40. The molecule has 0 saturated heterocycles. The molecule has 0 aliphatic carbocycles. The van der Waals surface area contributed by atoms with Gasteiger partial charge in [0.2, 0.25) is 0 Å². The molecule has 0 saturated carbocycles. The smallest absolute Gasteiger partial charge is 0.149 e. The summed E-state index contributed by atoms with van der Waals surface area (Å²) in [7, 11) is 0. The number of benzene rings is 1. The van der Waals surface area contributed by atoms with Gasteiger partial charge in [0.1, 0.15) is 11.9 Å². The van der Waals surface area contributed by atoms with E-state index in [0.29, 0.717) is 5.56 Å². The lowest BCUT2D eigenvalue weighted by Crippen LogP contribution is -2.35. The average molecular weight is 208 g/mol. The zero-order valence-electron chi connectivity index (χ0n) is 9.40. The van der Waals surface area contributed by atoms with Crippen LogP contribution in [0.15, 0.2) is 24.3 Å². The third kappa shape index (κ3) is 3.46. The SMILES string of the molecule is CC(=O)[C@@H](N)[C@H](O)c1ccc(C)cc1.[CH3-]. The molecule has 0 spiro atoms. The molecule has 0 radical (unpaired) electrons. The number of Topliss-reactive ketones (excluding diaryl/α,β-unsaturated/α-hetero) is 1. The fourth-order valence-corrected chi connectivity index (χ4v) is 1.19. The number of rotatable bonds is 3. The van der Waals surface area contributed by atoms with E-state index in [-0.39, 0.29) is 13.2 Å². The lowest BCUT2D eigenvalue weighted by atomic mass is 9.99. The number of carbonyl (C=O) groups excluding carboxylic acids is 1. The number of aliphatic hydroxyl groups is 1. The van der Waals surface area contributed by atoms with Crippen LogP contribution in [0.2, 0.25) is 0 Å². The van der Waals surface area contributed by atoms with Crippen molar-refractivity contribution in [2.24, 2.45) is 5.73 Å². The summed E-state index contributed by atoms with van der Waals surface area (Å²) in [5.74, 6) is -0.210. The maximum Gasteiger partial charge on any atom is 0.149 e. The van der Waals surface area contributed by atoms with Gasteiger partial charge in [-0.05, 0) is 19.4 Å². The molecule has 1 rings (SSSR count). The largest absolute Gasteiger partial charge is 0.386 e. The van der Waals surface area contributed by atoms with Crippen LogP contribution in [0.4, 0.5) is 0 Å². The second kappa shape index (κ2) is 5.63. The summed E-state index contributed by atoms with van der Waals surface area (Å²) in [4.78, 5) is 10.9. The van der Waals surface area contributed by atoms with E-state index in [0.717, 1.165) is 5.56 Å². The van der Waals surface area contributed by atoms with Crippen molar-refractivity contribution in [3.05, 3.63) is 42.8 Å². The van der Waals surface area contributed by atoms with E-state index < -0.39 is 12.1 Å². The lowest BCUT2D eigenvalue weighted by molar-refractivity contribution is -0.120. The number of nitrogens with two attached hydrogens (primary N) is 1. The topological polar surface area (TPSA) is 63.3 Å². The maximum absolute atomic E-state index is 10.9. The Morgan fingerprint density at radius 2 is 1.80 bits per heavy atom. The van der Waals surface area contributed by atoms with E-state index in [2.05, 4.69) is 0 Å². The number of ketones is 1. The van der Waals surface area contributed by atoms with Crippen molar-refractivity contribution < 1.29 is 9.90 Å². The van der Waals surface area contributed by atoms with Gasteiger partial charge in [-0.2, -0.15) is 0 Å². The Hall–Kier alpha value is -1.19. The highest BCUT2D eigenvalue weighted by atomic mass is 16.3. The minimum absolute atomic E-state index is 0. The van der Waals surface area contributed by atoms with Gasteiger partial charge >= 0.3 is 0 Å². The van der Waals surface area contributed by atoms with Crippen molar-refractivity contribution >= 4 is 5.78 Å². The summed E-state index contributed by atoms with van der Waals surface area (Å²) < 4.78 is 0. The van der Waals surface area contributed by atoms with Crippen LogP contribution in [0, 0.1) is 14.4 Å². The van der Waals surface area contributed by atoms with Crippen molar-refractivity contribution in [2.45, 2.75) is 26.0 Å². The molecule has 3 N–H and O–H groups in total. The first-order valence-electron chi connectivity index (χ1n) is 4.53. The molecule has 0 aromatic heterocycles. The molecule has 3 nitrogen and oxygen atoms in total. The zero-order chi connectivity index (χ0) is 10.7. The Kier molecular flexibility index (Phi) is 5.19. The summed E-state index contributed by atoms with van der Waals surface area (Å²) in [6.07, 6.45) is -0.909. The number of carbonyl (C=O) groups is 1. The van der Waals surface area contributed by atoms with Gasteiger partial charge in [0.15, 0.2) is 0 Å². The molecule has 0 bridgehead atoms. The summed E-state index contributed by atoms with van der Waals surface area (Å²) in [5, 5.41) is 9.70. The van der Waals surface area contributed by atoms with Gasteiger partial charge in [-0.1, -0.05) is 29.8 Å². The first kappa shape index (κ1) is 13.8. The molecular formula is C12H18NO2-. The molecule has 0 aliphatic heterocycles. The fraction of sp³-hybridized carbons (Fsp3) is 0.333. The van der Waals surface area contributed by atoms with E-state index in [9.17, 15) is 9.90 Å². The predicted molar refractivity (Wildman–Crippen MR) is 61.2 cm³/mol. The van der Waals surface area contributed by atoms with Crippen molar-refractivity contribution in [3.8, 4) is 0 Å². The van der Waals surface area contributed by atoms with Crippen LogP contribution in [-0.2, 0) is 4.79 Å². The molecular weight excluding hydrogens is 190 g/mol. The molecule has 0 aliphatic rings.